The topological polar surface area (TPSA) is 65.1 Å². The van der Waals surface area contributed by atoms with E-state index in [0.29, 0.717) is 0 Å². The van der Waals surface area contributed by atoms with Gasteiger partial charge >= 0.3 is 11.9 Å². The van der Waals surface area contributed by atoms with Crippen molar-refractivity contribution in [3.05, 3.63) is 23.8 Å². The maximum atomic E-state index is 11.6. The van der Waals surface area contributed by atoms with Gasteiger partial charge in [0.1, 0.15) is 11.7 Å². The Morgan fingerprint density at radius 1 is 1.17 bits per heavy atom. The van der Waals surface area contributed by atoms with E-state index in [4.69, 9.17) is 14.2 Å². The third-order valence-electron chi connectivity index (χ3n) is 2.31. The second-order valence-corrected chi connectivity index (χ2v) is 3.71. The summed E-state index contributed by atoms with van der Waals surface area (Å²) in [4.78, 5) is 23.1. The largest absolute Gasteiger partial charge is 0.462 e. The minimum atomic E-state index is -0.676. The van der Waals surface area contributed by atoms with Crippen LogP contribution in [0.1, 0.15) is 20.8 Å². The zero-order valence-electron chi connectivity index (χ0n) is 10.8. The number of hydrogen-bond donors (Lipinski definition) is 0. The van der Waals surface area contributed by atoms with Gasteiger partial charge in [-0.25, -0.2) is 9.59 Å². The highest BCUT2D eigenvalue weighted by Gasteiger charge is 2.30. The third kappa shape index (κ3) is 4.33. The molecular formula is C13H18O5. The van der Waals surface area contributed by atoms with E-state index < -0.39 is 11.9 Å². The molecule has 0 N–H and O–H groups in total. The summed E-state index contributed by atoms with van der Waals surface area (Å²) in [5.74, 6) is -1.35. The molecule has 0 amide bonds. The van der Waals surface area contributed by atoms with E-state index in [1.54, 1.807) is 26.0 Å². The summed E-state index contributed by atoms with van der Waals surface area (Å²) in [5, 5.41) is 0. The molecule has 1 fully saturated rings. The van der Waals surface area contributed by atoms with Gasteiger partial charge in [-0.1, -0.05) is 12.2 Å². The zero-order valence-corrected chi connectivity index (χ0v) is 10.8. The molecule has 1 aliphatic heterocycles. The lowest BCUT2D eigenvalue weighted by Crippen LogP contribution is -2.18. The first-order valence-electron chi connectivity index (χ1n) is 5.98. The Kier molecular flexibility index (Phi) is 5.58. The molecule has 1 aliphatic rings. The van der Waals surface area contributed by atoms with Crippen LogP contribution < -0.4 is 0 Å². The Morgan fingerprint density at radius 3 is 2.06 bits per heavy atom. The van der Waals surface area contributed by atoms with Crippen molar-refractivity contribution in [3.8, 4) is 0 Å². The molecule has 0 saturated carbocycles. The smallest absolute Gasteiger partial charge is 0.345 e. The van der Waals surface area contributed by atoms with E-state index in [1.807, 2.05) is 6.92 Å². The van der Waals surface area contributed by atoms with Crippen molar-refractivity contribution in [2.45, 2.75) is 33.0 Å². The predicted octanol–water partition coefficient (Wildman–Crippen LogP) is 1.38. The number of allylic oxidation sites excluding steroid dienone is 2. The maximum Gasteiger partial charge on any atom is 0.345 e. The molecule has 100 valence electrons. The minimum Gasteiger partial charge on any atom is -0.462 e. The molecule has 1 saturated heterocycles. The average molecular weight is 254 g/mol. The number of epoxide rings is 1. The van der Waals surface area contributed by atoms with Crippen molar-refractivity contribution in [1.82, 2.24) is 0 Å². The molecule has 0 aromatic rings. The Balaban J connectivity index is 2.69. The quantitative estimate of drug-likeness (QED) is 0.179. The summed E-state index contributed by atoms with van der Waals surface area (Å²) in [5.41, 5.74) is -0.108. The van der Waals surface area contributed by atoms with Gasteiger partial charge in [0.15, 0.2) is 0 Å². The van der Waals surface area contributed by atoms with Crippen LogP contribution in [0, 0.1) is 0 Å². The van der Waals surface area contributed by atoms with Crippen molar-refractivity contribution >= 4 is 11.9 Å². The minimum absolute atomic E-state index is 0.0619. The van der Waals surface area contributed by atoms with Gasteiger partial charge in [0.25, 0.3) is 0 Å². The number of rotatable bonds is 6. The molecule has 5 nitrogen and oxygen atoms in total. The van der Waals surface area contributed by atoms with Crippen LogP contribution in [0.2, 0.25) is 0 Å². The summed E-state index contributed by atoms with van der Waals surface area (Å²) in [6.07, 6.45) is 5.04. The first-order valence-corrected chi connectivity index (χ1v) is 5.98. The van der Waals surface area contributed by atoms with E-state index in [9.17, 15) is 9.59 Å². The van der Waals surface area contributed by atoms with E-state index in [2.05, 4.69) is 0 Å². The molecule has 0 aliphatic carbocycles. The SMILES string of the molecule is CCOC(=O)C(=C/C=C/[C@H]1O[C@@H]1C)C(=O)OCC. The molecule has 1 heterocycles. The molecule has 0 aromatic heterocycles. The lowest BCUT2D eigenvalue weighted by atomic mass is 10.2. The first-order chi connectivity index (χ1) is 8.60. The van der Waals surface area contributed by atoms with Crippen LogP contribution in [-0.2, 0) is 23.8 Å². The van der Waals surface area contributed by atoms with Gasteiger partial charge in [0.05, 0.1) is 19.3 Å². The fraction of sp³-hybridized carbons (Fsp3) is 0.538. The molecule has 0 bridgehead atoms. The van der Waals surface area contributed by atoms with Gasteiger partial charge in [-0.05, 0) is 26.8 Å². The number of hydrogen-bond acceptors (Lipinski definition) is 5. The lowest BCUT2D eigenvalue weighted by Gasteiger charge is -2.05. The molecular weight excluding hydrogens is 236 g/mol. The molecule has 0 aromatic carbocycles. The van der Waals surface area contributed by atoms with Crippen LogP contribution in [0.5, 0.6) is 0 Å². The van der Waals surface area contributed by atoms with Crippen LogP contribution in [0.3, 0.4) is 0 Å². The van der Waals surface area contributed by atoms with Crippen LogP contribution in [0.15, 0.2) is 23.8 Å². The van der Waals surface area contributed by atoms with Crippen molar-refractivity contribution in [1.29, 1.82) is 0 Å². The first kappa shape index (κ1) is 14.4. The van der Waals surface area contributed by atoms with Crippen molar-refractivity contribution < 1.29 is 23.8 Å². The van der Waals surface area contributed by atoms with Crippen LogP contribution >= 0.6 is 0 Å². The van der Waals surface area contributed by atoms with Gasteiger partial charge in [0, 0.05) is 0 Å². The van der Waals surface area contributed by atoms with E-state index in [0.717, 1.165) is 0 Å². The van der Waals surface area contributed by atoms with Gasteiger partial charge in [-0.2, -0.15) is 0 Å². The Hall–Kier alpha value is -1.62. The van der Waals surface area contributed by atoms with Gasteiger partial charge < -0.3 is 14.2 Å². The fourth-order valence-electron chi connectivity index (χ4n) is 1.30. The highest BCUT2D eigenvalue weighted by molar-refractivity contribution is 6.14. The Bertz CT molecular complexity index is 350. The molecule has 18 heavy (non-hydrogen) atoms. The monoisotopic (exact) mass is 254 g/mol. The number of esters is 2. The Labute approximate surface area is 106 Å². The van der Waals surface area contributed by atoms with Crippen molar-refractivity contribution in [2.75, 3.05) is 13.2 Å². The van der Waals surface area contributed by atoms with Crippen LogP contribution in [0.4, 0.5) is 0 Å². The van der Waals surface area contributed by atoms with E-state index in [1.165, 1.54) is 6.08 Å². The number of carbonyl (C=O) groups is 2. The second-order valence-electron chi connectivity index (χ2n) is 3.71. The fourth-order valence-corrected chi connectivity index (χ4v) is 1.30. The normalized spacial score (nSPS) is 21.5. The van der Waals surface area contributed by atoms with Crippen molar-refractivity contribution in [3.63, 3.8) is 0 Å². The number of ether oxygens (including phenoxy) is 3. The van der Waals surface area contributed by atoms with E-state index >= 15 is 0 Å². The van der Waals surface area contributed by atoms with Crippen molar-refractivity contribution in [2.24, 2.45) is 0 Å². The standard InChI is InChI=1S/C13H18O5/c1-4-16-12(14)10(13(15)17-5-2)7-6-8-11-9(3)18-11/h6-9,11H,4-5H2,1-3H3/b8-6+/t9-,11-/m1/s1. The summed E-state index contributed by atoms with van der Waals surface area (Å²) in [6.45, 7) is 5.72. The summed E-state index contributed by atoms with van der Waals surface area (Å²) in [6, 6.07) is 0. The molecule has 1 rings (SSSR count). The van der Waals surface area contributed by atoms with Gasteiger partial charge in [-0.15, -0.1) is 0 Å². The Morgan fingerprint density at radius 2 is 1.67 bits per heavy atom. The maximum absolute atomic E-state index is 11.6. The van der Waals surface area contributed by atoms with E-state index in [-0.39, 0.29) is 31.0 Å². The molecule has 2 atom stereocenters. The number of carbonyl (C=O) groups excluding carboxylic acids is 2. The molecule has 0 spiro atoms. The predicted molar refractivity (Wildman–Crippen MR) is 64.8 cm³/mol. The molecule has 5 heteroatoms. The second kappa shape index (κ2) is 6.96. The van der Waals surface area contributed by atoms with Gasteiger partial charge in [0.2, 0.25) is 0 Å². The average Bonchev–Trinajstić information content (AvgIpc) is 3.01. The summed E-state index contributed by atoms with van der Waals surface area (Å²) in [7, 11) is 0. The third-order valence-corrected chi connectivity index (χ3v) is 2.31. The van der Waals surface area contributed by atoms with Crippen LogP contribution in [0.25, 0.3) is 0 Å². The lowest BCUT2D eigenvalue weighted by molar-refractivity contribution is -0.146. The van der Waals surface area contributed by atoms with Gasteiger partial charge in [-0.3, -0.25) is 0 Å². The highest BCUT2D eigenvalue weighted by Crippen LogP contribution is 2.21. The zero-order chi connectivity index (χ0) is 13.5. The van der Waals surface area contributed by atoms with Crippen LogP contribution in [-0.4, -0.2) is 37.4 Å². The molecule has 0 radical (unpaired) electrons. The highest BCUT2D eigenvalue weighted by atomic mass is 16.6. The molecule has 0 unspecified atom stereocenters. The summed E-state index contributed by atoms with van der Waals surface area (Å²) < 4.78 is 14.8. The summed E-state index contributed by atoms with van der Waals surface area (Å²) >= 11 is 0.